The summed E-state index contributed by atoms with van der Waals surface area (Å²) < 4.78 is 0. The highest BCUT2D eigenvalue weighted by molar-refractivity contribution is 5.74. The highest BCUT2D eigenvalue weighted by Gasteiger charge is 1.97. The molecule has 0 saturated heterocycles. The predicted octanol–water partition coefficient (Wildman–Crippen LogP) is 3.09. The average Bonchev–Trinajstić information content (AvgIpc) is 2.15. The van der Waals surface area contributed by atoms with Crippen molar-refractivity contribution in [2.24, 2.45) is 5.92 Å². The van der Waals surface area contributed by atoms with E-state index >= 15 is 0 Å². The first kappa shape index (κ1) is 9.97. The molecule has 0 fully saturated rings. The highest BCUT2D eigenvalue weighted by Crippen LogP contribution is 2.09. The molecule has 1 aromatic rings. The van der Waals surface area contributed by atoms with Gasteiger partial charge in [-0.15, -0.1) is 0 Å². The van der Waals surface area contributed by atoms with Crippen LogP contribution in [-0.4, -0.2) is 6.29 Å². The van der Waals surface area contributed by atoms with Crippen LogP contribution in [0.3, 0.4) is 0 Å². The lowest BCUT2D eigenvalue weighted by Crippen LogP contribution is -1.92. The maximum Gasteiger partial charge on any atom is 0.150 e. The summed E-state index contributed by atoms with van der Waals surface area (Å²) in [5.41, 5.74) is 2.04. The molecule has 0 atom stereocenters. The fourth-order valence-corrected chi connectivity index (χ4v) is 1.28. The second-order valence-electron chi connectivity index (χ2n) is 3.80. The Hall–Kier alpha value is -1.11. The summed E-state index contributed by atoms with van der Waals surface area (Å²) in [4.78, 5) is 10.5. The third-order valence-electron chi connectivity index (χ3n) is 2.10. The van der Waals surface area contributed by atoms with E-state index in [4.69, 9.17) is 0 Å². The molecule has 0 N–H and O–H groups in total. The molecule has 0 bridgehead atoms. The fraction of sp³-hybridized carbons (Fsp3) is 0.417. The summed E-state index contributed by atoms with van der Waals surface area (Å²) in [5.74, 6) is 0.722. The van der Waals surface area contributed by atoms with Crippen molar-refractivity contribution in [3.63, 3.8) is 0 Å². The molecule has 0 heterocycles. The normalized spacial score (nSPS) is 10.4. The lowest BCUT2D eigenvalue weighted by atomic mass is 10.0. The number of carbonyl (C=O) groups is 1. The largest absolute Gasteiger partial charge is 0.298 e. The smallest absolute Gasteiger partial charge is 0.150 e. The van der Waals surface area contributed by atoms with Gasteiger partial charge in [0.15, 0.2) is 0 Å². The second-order valence-corrected chi connectivity index (χ2v) is 3.80. The Balaban J connectivity index is 2.61. The van der Waals surface area contributed by atoms with Crippen LogP contribution in [0.1, 0.15) is 36.2 Å². The lowest BCUT2D eigenvalue weighted by Gasteiger charge is -2.04. The van der Waals surface area contributed by atoms with E-state index in [1.165, 1.54) is 12.0 Å². The molecule has 0 spiro atoms. The molecule has 0 aliphatic heterocycles. The van der Waals surface area contributed by atoms with Crippen molar-refractivity contribution in [1.82, 2.24) is 0 Å². The summed E-state index contributed by atoms with van der Waals surface area (Å²) in [6, 6.07) is 7.83. The lowest BCUT2D eigenvalue weighted by molar-refractivity contribution is 0.112. The summed E-state index contributed by atoms with van der Waals surface area (Å²) in [6.07, 6.45) is 3.15. The molecule has 0 unspecified atom stereocenters. The molecule has 1 rings (SSSR count). The van der Waals surface area contributed by atoms with Crippen LogP contribution in [0.4, 0.5) is 0 Å². The van der Waals surface area contributed by atoms with E-state index in [1.54, 1.807) is 0 Å². The fourth-order valence-electron chi connectivity index (χ4n) is 1.28. The van der Waals surface area contributed by atoms with Gasteiger partial charge in [-0.05, 0) is 30.4 Å². The Morgan fingerprint density at radius 3 is 2.77 bits per heavy atom. The van der Waals surface area contributed by atoms with Gasteiger partial charge in [0.1, 0.15) is 6.29 Å². The van der Waals surface area contributed by atoms with Gasteiger partial charge in [-0.3, -0.25) is 4.79 Å². The van der Waals surface area contributed by atoms with E-state index < -0.39 is 0 Å². The zero-order chi connectivity index (χ0) is 9.68. The SMILES string of the molecule is CC(C)CCc1cccc(C=O)c1. The van der Waals surface area contributed by atoms with Crippen molar-refractivity contribution < 1.29 is 4.79 Å². The van der Waals surface area contributed by atoms with Gasteiger partial charge in [0.05, 0.1) is 0 Å². The number of rotatable bonds is 4. The molecule has 1 heteroatoms. The molecule has 0 radical (unpaired) electrons. The Kier molecular flexibility index (Phi) is 3.69. The number of aldehydes is 1. The van der Waals surface area contributed by atoms with Crippen LogP contribution >= 0.6 is 0 Å². The predicted molar refractivity (Wildman–Crippen MR) is 55.0 cm³/mol. The van der Waals surface area contributed by atoms with Gasteiger partial charge >= 0.3 is 0 Å². The number of hydrogen-bond acceptors (Lipinski definition) is 1. The summed E-state index contributed by atoms with van der Waals surface area (Å²) in [6.45, 7) is 4.42. The summed E-state index contributed by atoms with van der Waals surface area (Å²) in [7, 11) is 0. The van der Waals surface area contributed by atoms with Crippen molar-refractivity contribution in [3.8, 4) is 0 Å². The number of benzene rings is 1. The molecule has 0 aliphatic carbocycles. The van der Waals surface area contributed by atoms with Crippen LogP contribution in [0, 0.1) is 5.92 Å². The van der Waals surface area contributed by atoms with E-state index in [0.29, 0.717) is 0 Å². The summed E-state index contributed by atoms with van der Waals surface area (Å²) in [5, 5.41) is 0. The van der Waals surface area contributed by atoms with E-state index in [-0.39, 0.29) is 0 Å². The molecule has 1 aromatic carbocycles. The maximum absolute atomic E-state index is 10.5. The van der Waals surface area contributed by atoms with Crippen LogP contribution in [-0.2, 0) is 6.42 Å². The molecule has 70 valence electrons. The monoisotopic (exact) mass is 176 g/mol. The summed E-state index contributed by atoms with van der Waals surface area (Å²) >= 11 is 0. The van der Waals surface area contributed by atoms with Gasteiger partial charge in [-0.2, -0.15) is 0 Å². The van der Waals surface area contributed by atoms with Gasteiger partial charge < -0.3 is 0 Å². The Labute approximate surface area is 79.8 Å². The molecular weight excluding hydrogens is 160 g/mol. The second kappa shape index (κ2) is 4.80. The van der Waals surface area contributed by atoms with E-state index in [9.17, 15) is 4.79 Å². The van der Waals surface area contributed by atoms with Crippen molar-refractivity contribution >= 4 is 6.29 Å². The minimum atomic E-state index is 0.722. The Bertz CT molecular complexity index is 276. The third-order valence-corrected chi connectivity index (χ3v) is 2.10. The maximum atomic E-state index is 10.5. The molecule has 1 nitrogen and oxygen atoms in total. The van der Waals surface area contributed by atoms with Gasteiger partial charge in [0, 0.05) is 5.56 Å². The zero-order valence-corrected chi connectivity index (χ0v) is 8.29. The van der Waals surface area contributed by atoms with Crippen LogP contribution in [0.25, 0.3) is 0 Å². The Morgan fingerprint density at radius 2 is 2.15 bits per heavy atom. The van der Waals surface area contributed by atoms with Crippen LogP contribution in [0.5, 0.6) is 0 Å². The molecule has 0 aliphatic rings. The first-order valence-corrected chi connectivity index (χ1v) is 4.76. The van der Waals surface area contributed by atoms with Crippen LogP contribution in [0.2, 0.25) is 0 Å². The van der Waals surface area contributed by atoms with E-state index in [1.807, 2.05) is 18.2 Å². The quantitative estimate of drug-likeness (QED) is 0.644. The van der Waals surface area contributed by atoms with Crippen LogP contribution < -0.4 is 0 Å². The van der Waals surface area contributed by atoms with Crippen molar-refractivity contribution in [2.75, 3.05) is 0 Å². The molecular formula is C12H16O. The third kappa shape index (κ3) is 3.41. The number of aryl methyl sites for hydroxylation is 1. The van der Waals surface area contributed by atoms with E-state index in [2.05, 4.69) is 19.9 Å². The first-order chi connectivity index (χ1) is 6.22. The van der Waals surface area contributed by atoms with Gasteiger partial charge in [-0.25, -0.2) is 0 Å². The molecule has 13 heavy (non-hydrogen) atoms. The van der Waals surface area contributed by atoms with Crippen molar-refractivity contribution in [2.45, 2.75) is 26.7 Å². The highest BCUT2D eigenvalue weighted by atomic mass is 16.1. The van der Waals surface area contributed by atoms with Gasteiger partial charge in [-0.1, -0.05) is 32.0 Å². The van der Waals surface area contributed by atoms with Gasteiger partial charge in [0.2, 0.25) is 0 Å². The zero-order valence-electron chi connectivity index (χ0n) is 8.29. The molecule has 0 aromatic heterocycles. The number of hydrogen-bond donors (Lipinski definition) is 0. The minimum Gasteiger partial charge on any atom is -0.298 e. The molecule has 0 amide bonds. The first-order valence-electron chi connectivity index (χ1n) is 4.76. The molecule has 0 saturated carbocycles. The number of carbonyl (C=O) groups excluding carboxylic acids is 1. The minimum absolute atomic E-state index is 0.722. The van der Waals surface area contributed by atoms with Crippen molar-refractivity contribution in [3.05, 3.63) is 35.4 Å². The van der Waals surface area contributed by atoms with E-state index in [0.717, 1.165) is 24.2 Å². The van der Waals surface area contributed by atoms with Crippen LogP contribution in [0.15, 0.2) is 24.3 Å². The Morgan fingerprint density at radius 1 is 1.38 bits per heavy atom. The standard InChI is InChI=1S/C12H16O/c1-10(2)6-7-11-4-3-5-12(8-11)9-13/h3-5,8-10H,6-7H2,1-2H3. The van der Waals surface area contributed by atoms with Crippen molar-refractivity contribution in [1.29, 1.82) is 0 Å². The topological polar surface area (TPSA) is 17.1 Å². The van der Waals surface area contributed by atoms with Gasteiger partial charge in [0.25, 0.3) is 0 Å². The average molecular weight is 176 g/mol.